The molecule has 0 unspecified atom stereocenters. The minimum absolute atomic E-state index is 0.0884. The number of carbonyl (C=O) groups is 1. The van der Waals surface area contributed by atoms with Gasteiger partial charge in [-0.3, -0.25) is 0 Å². The number of hydrogen-bond donors (Lipinski definition) is 2. The minimum Gasteiger partial charge on any atom is -0.476 e. The summed E-state index contributed by atoms with van der Waals surface area (Å²) in [6, 6.07) is 5.50. The third-order valence-electron chi connectivity index (χ3n) is 2.99. The quantitative estimate of drug-likeness (QED) is 0.735. The van der Waals surface area contributed by atoms with Crippen molar-refractivity contribution in [3.63, 3.8) is 0 Å². The summed E-state index contributed by atoms with van der Waals surface area (Å²) < 4.78 is 15.3. The molecule has 0 radical (unpaired) electrons. The van der Waals surface area contributed by atoms with Crippen molar-refractivity contribution in [1.29, 1.82) is 0 Å². The molecule has 1 aromatic carbocycles. The van der Waals surface area contributed by atoms with Crippen LogP contribution >= 0.6 is 22.9 Å². The van der Waals surface area contributed by atoms with E-state index in [-0.39, 0.29) is 5.69 Å². The predicted molar refractivity (Wildman–Crippen MR) is 84.9 cm³/mol. The van der Waals surface area contributed by atoms with Crippen LogP contribution in [0.5, 0.6) is 0 Å². The Morgan fingerprint density at radius 2 is 2.26 bits per heavy atom. The van der Waals surface area contributed by atoms with Gasteiger partial charge in [0.25, 0.3) is 0 Å². The van der Waals surface area contributed by atoms with Crippen molar-refractivity contribution < 1.29 is 14.3 Å². The fourth-order valence-electron chi connectivity index (χ4n) is 1.97. The Morgan fingerprint density at radius 1 is 1.43 bits per heavy atom. The molecule has 0 aliphatic heterocycles. The normalized spacial score (nSPS) is 10.7. The van der Waals surface area contributed by atoms with Gasteiger partial charge >= 0.3 is 5.97 Å². The number of nitrogens with one attached hydrogen (secondary N) is 1. The van der Waals surface area contributed by atoms with E-state index < -0.39 is 11.8 Å². The lowest BCUT2D eigenvalue weighted by Gasteiger charge is -2.11. The topological polar surface area (TPSA) is 80.0 Å². The number of carboxylic acid groups (broad SMARTS) is 1. The molecule has 2 heterocycles. The molecule has 118 valence electrons. The Balaban J connectivity index is 1.89. The standard InChI is InChI=1S/C14H10ClFN4O2S/c15-14-18-7-9(23-14)6-17-11-5-8(16)1-2-12(11)20-4-3-10(19-20)13(21)22/h1-5,7,17H,6H2,(H,21,22). The van der Waals surface area contributed by atoms with Crippen LogP contribution in [-0.2, 0) is 6.54 Å². The second-order valence-corrected chi connectivity index (χ2v) is 6.24. The summed E-state index contributed by atoms with van der Waals surface area (Å²) >= 11 is 7.10. The lowest BCUT2D eigenvalue weighted by atomic mass is 10.2. The molecule has 23 heavy (non-hydrogen) atoms. The zero-order chi connectivity index (χ0) is 16.4. The SMILES string of the molecule is O=C(O)c1ccn(-c2ccc(F)cc2NCc2cnc(Cl)s2)n1. The van der Waals surface area contributed by atoms with Crippen molar-refractivity contribution in [2.24, 2.45) is 0 Å². The molecule has 0 spiro atoms. The number of carboxylic acids is 1. The van der Waals surface area contributed by atoms with E-state index in [4.69, 9.17) is 16.7 Å². The maximum Gasteiger partial charge on any atom is 0.356 e. The van der Waals surface area contributed by atoms with Crippen molar-refractivity contribution in [3.05, 3.63) is 57.5 Å². The van der Waals surface area contributed by atoms with Crippen molar-refractivity contribution in [2.45, 2.75) is 6.54 Å². The molecule has 3 rings (SSSR count). The monoisotopic (exact) mass is 352 g/mol. The van der Waals surface area contributed by atoms with Crippen LogP contribution in [0.3, 0.4) is 0 Å². The van der Waals surface area contributed by atoms with Gasteiger partial charge < -0.3 is 10.4 Å². The van der Waals surface area contributed by atoms with Crippen molar-refractivity contribution in [1.82, 2.24) is 14.8 Å². The van der Waals surface area contributed by atoms with Gasteiger partial charge in [-0.25, -0.2) is 18.9 Å². The van der Waals surface area contributed by atoms with Crippen LogP contribution in [0.4, 0.5) is 10.1 Å². The van der Waals surface area contributed by atoms with Gasteiger partial charge in [0.05, 0.1) is 17.9 Å². The molecule has 9 heteroatoms. The molecule has 2 N–H and O–H groups in total. The van der Waals surface area contributed by atoms with E-state index in [1.54, 1.807) is 6.20 Å². The summed E-state index contributed by atoms with van der Waals surface area (Å²) in [6.07, 6.45) is 3.14. The summed E-state index contributed by atoms with van der Waals surface area (Å²) in [5.41, 5.74) is 0.929. The average molecular weight is 353 g/mol. The van der Waals surface area contributed by atoms with Crippen LogP contribution in [-0.4, -0.2) is 25.8 Å². The van der Waals surface area contributed by atoms with Crippen LogP contribution < -0.4 is 5.32 Å². The molecule has 6 nitrogen and oxygen atoms in total. The first-order valence-corrected chi connectivity index (χ1v) is 7.65. The molecule has 0 fully saturated rings. The van der Waals surface area contributed by atoms with Crippen molar-refractivity contribution in [3.8, 4) is 5.69 Å². The number of rotatable bonds is 5. The fourth-order valence-corrected chi connectivity index (χ4v) is 2.89. The number of halogens is 2. The van der Waals surface area contributed by atoms with Gasteiger partial charge in [0, 0.05) is 17.3 Å². The lowest BCUT2D eigenvalue weighted by Crippen LogP contribution is -2.06. The van der Waals surface area contributed by atoms with Crippen LogP contribution in [0.1, 0.15) is 15.4 Å². The number of anilines is 1. The Morgan fingerprint density at radius 3 is 2.91 bits per heavy atom. The van der Waals surface area contributed by atoms with E-state index >= 15 is 0 Å². The van der Waals surface area contributed by atoms with Gasteiger partial charge in [-0.1, -0.05) is 11.6 Å². The van der Waals surface area contributed by atoms with E-state index in [1.165, 1.54) is 46.5 Å². The van der Waals surface area contributed by atoms with E-state index in [1.807, 2.05) is 0 Å². The molecular formula is C14H10ClFN4O2S. The highest BCUT2D eigenvalue weighted by Gasteiger charge is 2.12. The largest absolute Gasteiger partial charge is 0.476 e. The molecule has 0 amide bonds. The van der Waals surface area contributed by atoms with Crippen LogP contribution in [0.25, 0.3) is 5.69 Å². The van der Waals surface area contributed by atoms with Crippen molar-refractivity contribution >= 4 is 34.6 Å². The minimum atomic E-state index is -1.13. The van der Waals surface area contributed by atoms with Gasteiger partial charge in [0.1, 0.15) is 5.82 Å². The maximum atomic E-state index is 13.5. The zero-order valence-electron chi connectivity index (χ0n) is 11.5. The number of hydrogen-bond acceptors (Lipinski definition) is 5. The molecule has 0 aliphatic rings. The summed E-state index contributed by atoms with van der Waals surface area (Å²) in [4.78, 5) is 15.8. The third kappa shape index (κ3) is 3.49. The van der Waals surface area contributed by atoms with Crippen LogP contribution in [0.2, 0.25) is 4.47 Å². The van der Waals surface area contributed by atoms with Crippen LogP contribution in [0, 0.1) is 5.82 Å². The highest BCUT2D eigenvalue weighted by molar-refractivity contribution is 7.15. The number of aromatic carboxylic acids is 1. The summed E-state index contributed by atoms with van der Waals surface area (Å²) in [5.74, 6) is -1.54. The Hall–Kier alpha value is -2.45. The Bertz CT molecular complexity index is 864. The number of benzene rings is 1. The molecule has 0 saturated heterocycles. The van der Waals surface area contributed by atoms with E-state index in [2.05, 4.69) is 15.4 Å². The van der Waals surface area contributed by atoms with Gasteiger partial charge in [-0.15, -0.1) is 11.3 Å². The van der Waals surface area contributed by atoms with Gasteiger partial charge in [-0.2, -0.15) is 5.10 Å². The van der Waals surface area contributed by atoms with E-state index in [0.29, 0.717) is 22.4 Å². The molecule has 0 aliphatic carbocycles. The Kier molecular flexibility index (Phi) is 4.26. The molecule has 0 saturated carbocycles. The molecule has 2 aromatic heterocycles. The lowest BCUT2D eigenvalue weighted by molar-refractivity contribution is 0.0690. The van der Waals surface area contributed by atoms with Crippen molar-refractivity contribution in [2.75, 3.05) is 5.32 Å². The predicted octanol–water partition coefficient (Wildman–Crippen LogP) is 3.43. The number of nitrogens with zero attached hydrogens (tertiary/aromatic N) is 3. The summed E-state index contributed by atoms with van der Waals surface area (Å²) in [7, 11) is 0. The second kappa shape index (κ2) is 6.35. The Labute approximate surface area is 139 Å². The van der Waals surface area contributed by atoms with Gasteiger partial charge in [0.15, 0.2) is 10.2 Å². The smallest absolute Gasteiger partial charge is 0.356 e. The first-order valence-electron chi connectivity index (χ1n) is 6.46. The fraction of sp³-hybridized carbons (Fsp3) is 0.0714. The average Bonchev–Trinajstić information content (AvgIpc) is 3.14. The highest BCUT2D eigenvalue weighted by Crippen LogP contribution is 2.24. The summed E-state index contributed by atoms with van der Waals surface area (Å²) in [5, 5.41) is 16.0. The first kappa shape index (κ1) is 15.4. The third-order valence-corrected chi connectivity index (χ3v) is 4.11. The van der Waals surface area contributed by atoms with E-state index in [9.17, 15) is 9.18 Å². The van der Waals surface area contributed by atoms with Crippen LogP contribution in [0.15, 0.2) is 36.7 Å². The van der Waals surface area contributed by atoms with Gasteiger partial charge in [-0.05, 0) is 24.3 Å². The molecular weight excluding hydrogens is 343 g/mol. The number of aromatic nitrogens is 3. The van der Waals surface area contributed by atoms with Gasteiger partial charge in [0.2, 0.25) is 0 Å². The highest BCUT2D eigenvalue weighted by atomic mass is 35.5. The molecule has 0 atom stereocenters. The zero-order valence-corrected chi connectivity index (χ0v) is 13.1. The number of thiazole rings is 1. The maximum absolute atomic E-state index is 13.5. The molecule has 0 bridgehead atoms. The summed E-state index contributed by atoms with van der Waals surface area (Å²) in [6.45, 7) is 0.411. The molecule has 3 aromatic rings. The first-order chi connectivity index (χ1) is 11.0. The van der Waals surface area contributed by atoms with E-state index in [0.717, 1.165) is 4.88 Å². The second-order valence-electron chi connectivity index (χ2n) is 4.55.